The quantitative estimate of drug-likeness (QED) is 0.827. The number of carbonyl (C=O) groups excluding carboxylic acids is 1. The fourth-order valence-corrected chi connectivity index (χ4v) is 2.91. The monoisotopic (exact) mass is 309 g/mol. The Morgan fingerprint density at radius 3 is 2.40 bits per heavy atom. The van der Waals surface area contributed by atoms with Gasteiger partial charge < -0.3 is 5.32 Å². The predicted molar refractivity (Wildman–Crippen MR) is 85.3 cm³/mol. The van der Waals surface area contributed by atoms with E-state index in [9.17, 15) is 4.79 Å². The van der Waals surface area contributed by atoms with Crippen LogP contribution in [0.5, 0.6) is 0 Å². The topological polar surface area (TPSA) is 29.1 Å². The van der Waals surface area contributed by atoms with Gasteiger partial charge in [-0.05, 0) is 47.8 Å². The SMILES string of the molecule is CC1(C)CC(=O)C=C(C=CNc2cc(Cl)cc(Cl)c2)C1. The third kappa shape index (κ3) is 4.39. The van der Waals surface area contributed by atoms with Gasteiger partial charge in [0.2, 0.25) is 0 Å². The largest absolute Gasteiger partial charge is 0.362 e. The van der Waals surface area contributed by atoms with E-state index in [0.29, 0.717) is 16.5 Å². The molecular formula is C16H17Cl2NO. The van der Waals surface area contributed by atoms with Crippen LogP contribution in [0.15, 0.2) is 42.1 Å². The Morgan fingerprint density at radius 1 is 1.15 bits per heavy atom. The predicted octanol–water partition coefficient (Wildman–Crippen LogP) is 5.23. The highest BCUT2D eigenvalue weighted by molar-refractivity contribution is 6.35. The summed E-state index contributed by atoms with van der Waals surface area (Å²) >= 11 is 11.9. The van der Waals surface area contributed by atoms with Crippen molar-refractivity contribution >= 4 is 34.7 Å². The summed E-state index contributed by atoms with van der Waals surface area (Å²) in [5.41, 5.74) is 1.89. The van der Waals surface area contributed by atoms with Crippen molar-refractivity contribution in [3.63, 3.8) is 0 Å². The molecule has 0 fully saturated rings. The van der Waals surface area contributed by atoms with Gasteiger partial charge in [-0.2, -0.15) is 0 Å². The number of hydrogen-bond acceptors (Lipinski definition) is 2. The summed E-state index contributed by atoms with van der Waals surface area (Å²) in [5, 5.41) is 4.28. The zero-order valence-electron chi connectivity index (χ0n) is 11.5. The van der Waals surface area contributed by atoms with E-state index in [1.165, 1.54) is 0 Å². The number of carbonyl (C=O) groups is 1. The number of anilines is 1. The Hall–Kier alpha value is -1.25. The minimum absolute atomic E-state index is 0.0326. The summed E-state index contributed by atoms with van der Waals surface area (Å²) in [6, 6.07) is 5.27. The fourth-order valence-electron chi connectivity index (χ4n) is 2.38. The number of benzene rings is 1. The molecule has 0 radical (unpaired) electrons. The van der Waals surface area contributed by atoms with Crippen molar-refractivity contribution in [1.29, 1.82) is 0 Å². The first kappa shape index (κ1) is 15.1. The highest BCUT2D eigenvalue weighted by Crippen LogP contribution is 2.34. The van der Waals surface area contributed by atoms with Crippen molar-refractivity contribution in [3.8, 4) is 0 Å². The summed E-state index contributed by atoms with van der Waals surface area (Å²) in [5.74, 6) is 0.187. The smallest absolute Gasteiger partial charge is 0.156 e. The number of halogens is 2. The molecule has 1 aliphatic rings. The molecule has 0 heterocycles. The molecule has 1 aromatic rings. The van der Waals surface area contributed by atoms with Crippen LogP contribution in [0.2, 0.25) is 10.0 Å². The van der Waals surface area contributed by atoms with Gasteiger partial charge >= 0.3 is 0 Å². The zero-order valence-corrected chi connectivity index (χ0v) is 13.1. The Bertz CT molecular complexity index is 568. The van der Waals surface area contributed by atoms with Crippen LogP contribution in [0.25, 0.3) is 0 Å². The van der Waals surface area contributed by atoms with Gasteiger partial charge in [0.15, 0.2) is 5.78 Å². The van der Waals surface area contributed by atoms with Gasteiger partial charge in [0.05, 0.1) is 0 Å². The molecule has 0 unspecified atom stereocenters. The van der Waals surface area contributed by atoms with Crippen molar-refractivity contribution < 1.29 is 4.79 Å². The van der Waals surface area contributed by atoms with Crippen LogP contribution in [0.1, 0.15) is 26.7 Å². The van der Waals surface area contributed by atoms with Gasteiger partial charge in [-0.1, -0.05) is 37.0 Å². The normalized spacial score (nSPS) is 18.2. The second-order valence-electron chi connectivity index (χ2n) is 5.84. The van der Waals surface area contributed by atoms with Crippen molar-refractivity contribution in [2.45, 2.75) is 26.7 Å². The molecule has 2 nitrogen and oxygen atoms in total. The molecule has 2 rings (SSSR count). The van der Waals surface area contributed by atoms with Crippen LogP contribution < -0.4 is 5.32 Å². The van der Waals surface area contributed by atoms with Gasteiger partial charge in [-0.3, -0.25) is 4.79 Å². The second kappa shape index (κ2) is 6.02. The number of hydrogen-bond donors (Lipinski definition) is 1. The molecule has 0 aliphatic heterocycles. The van der Waals surface area contributed by atoms with E-state index in [-0.39, 0.29) is 11.2 Å². The van der Waals surface area contributed by atoms with Crippen molar-refractivity contribution in [1.82, 2.24) is 0 Å². The lowest BCUT2D eigenvalue weighted by atomic mass is 9.77. The molecule has 106 valence electrons. The van der Waals surface area contributed by atoms with Crippen LogP contribution in [-0.4, -0.2) is 5.78 Å². The molecule has 0 saturated carbocycles. The number of nitrogens with one attached hydrogen (secondary N) is 1. The lowest BCUT2D eigenvalue weighted by Crippen LogP contribution is -2.21. The fraction of sp³-hybridized carbons (Fsp3) is 0.312. The lowest BCUT2D eigenvalue weighted by molar-refractivity contribution is -0.116. The van der Waals surface area contributed by atoms with E-state index >= 15 is 0 Å². The third-order valence-corrected chi connectivity index (χ3v) is 3.53. The molecule has 1 aliphatic carbocycles. The second-order valence-corrected chi connectivity index (χ2v) is 6.71. The average Bonchev–Trinajstić information content (AvgIpc) is 2.24. The zero-order chi connectivity index (χ0) is 14.8. The van der Waals surface area contributed by atoms with E-state index < -0.39 is 0 Å². The molecule has 0 atom stereocenters. The molecular weight excluding hydrogens is 293 g/mol. The van der Waals surface area contributed by atoms with Crippen molar-refractivity contribution in [3.05, 3.63) is 52.2 Å². The van der Waals surface area contributed by atoms with E-state index in [4.69, 9.17) is 23.2 Å². The summed E-state index contributed by atoms with van der Waals surface area (Å²) in [4.78, 5) is 11.6. The molecule has 0 saturated heterocycles. The van der Waals surface area contributed by atoms with Crippen LogP contribution in [0.3, 0.4) is 0 Å². The highest BCUT2D eigenvalue weighted by Gasteiger charge is 2.26. The van der Waals surface area contributed by atoms with E-state index in [2.05, 4.69) is 19.2 Å². The van der Waals surface area contributed by atoms with Crippen molar-refractivity contribution in [2.75, 3.05) is 5.32 Å². The van der Waals surface area contributed by atoms with E-state index in [1.54, 1.807) is 24.3 Å². The number of allylic oxidation sites excluding steroid dienone is 3. The van der Waals surface area contributed by atoms with E-state index in [1.807, 2.05) is 12.3 Å². The molecule has 0 spiro atoms. The molecule has 0 bridgehead atoms. The van der Waals surface area contributed by atoms with Gasteiger partial charge in [0.1, 0.15) is 0 Å². The molecule has 0 aromatic heterocycles. The minimum atomic E-state index is 0.0326. The standard InChI is InChI=1S/C16H17Cl2NO/c1-16(2)9-11(5-15(20)10-16)3-4-19-14-7-12(17)6-13(18)8-14/h3-8,19H,9-10H2,1-2H3. The number of rotatable bonds is 3. The molecule has 1 N–H and O–H groups in total. The lowest BCUT2D eigenvalue weighted by Gasteiger charge is -2.27. The molecule has 0 amide bonds. The number of ketones is 1. The Kier molecular flexibility index (Phi) is 4.56. The first-order valence-electron chi connectivity index (χ1n) is 6.47. The van der Waals surface area contributed by atoms with Gasteiger partial charge in [-0.25, -0.2) is 0 Å². The molecule has 20 heavy (non-hydrogen) atoms. The van der Waals surface area contributed by atoms with E-state index in [0.717, 1.165) is 17.7 Å². The van der Waals surface area contributed by atoms with Gasteiger partial charge in [0.25, 0.3) is 0 Å². The van der Waals surface area contributed by atoms with Gasteiger partial charge in [-0.15, -0.1) is 0 Å². The van der Waals surface area contributed by atoms with Crippen LogP contribution >= 0.6 is 23.2 Å². The molecule has 4 heteroatoms. The summed E-state index contributed by atoms with van der Waals surface area (Å²) in [7, 11) is 0. The summed E-state index contributed by atoms with van der Waals surface area (Å²) < 4.78 is 0. The maximum absolute atomic E-state index is 11.6. The maximum Gasteiger partial charge on any atom is 0.156 e. The molecule has 1 aromatic carbocycles. The van der Waals surface area contributed by atoms with Crippen molar-refractivity contribution in [2.24, 2.45) is 5.41 Å². The average molecular weight is 310 g/mol. The maximum atomic E-state index is 11.6. The third-order valence-electron chi connectivity index (χ3n) is 3.09. The van der Waals surface area contributed by atoms with Crippen LogP contribution in [-0.2, 0) is 4.79 Å². The highest BCUT2D eigenvalue weighted by atomic mass is 35.5. The van der Waals surface area contributed by atoms with Crippen LogP contribution in [0.4, 0.5) is 5.69 Å². The first-order chi connectivity index (χ1) is 9.34. The summed E-state index contributed by atoms with van der Waals surface area (Å²) in [6.45, 7) is 4.21. The van der Waals surface area contributed by atoms with Gasteiger partial charge in [0, 0.05) is 28.4 Å². The Balaban J connectivity index is 2.05. The van der Waals surface area contributed by atoms with Crippen LogP contribution in [0, 0.1) is 5.41 Å². The first-order valence-corrected chi connectivity index (χ1v) is 7.22. The Morgan fingerprint density at radius 2 is 1.80 bits per heavy atom. The minimum Gasteiger partial charge on any atom is -0.362 e. The summed E-state index contributed by atoms with van der Waals surface area (Å²) in [6.07, 6.45) is 6.96. The Labute approximate surface area is 129 Å².